The molecule has 2 aromatic rings. The smallest absolute Gasteiger partial charge is 0.327 e. The number of carbonyl (C=O) groups is 2. The molecule has 0 heterocycles. The molecule has 0 aliphatic carbocycles. The van der Waals surface area contributed by atoms with Crippen LogP contribution in [0.25, 0.3) is 0 Å². The number of methoxy groups -OCH3 is 4. The molecule has 0 spiro atoms. The molecule has 0 fully saturated rings. The molecule has 166 valence electrons. The lowest BCUT2D eigenvalue weighted by molar-refractivity contribution is -0.386. The summed E-state index contributed by atoms with van der Waals surface area (Å²) in [4.78, 5) is 35.6. The summed E-state index contributed by atoms with van der Waals surface area (Å²) in [5.41, 5.74) is -0.395. The summed E-state index contributed by atoms with van der Waals surface area (Å²) in [6.45, 7) is 0.142. The molecule has 0 aliphatic rings. The first-order chi connectivity index (χ1) is 14.9. The Balaban J connectivity index is 2.09. The molecule has 31 heavy (non-hydrogen) atoms. The lowest BCUT2D eigenvalue weighted by Crippen LogP contribution is -2.35. The molecule has 0 aromatic heterocycles. The van der Waals surface area contributed by atoms with Crippen molar-refractivity contribution in [2.24, 2.45) is 0 Å². The minimum Gasteiger partial charge on any atom is -0.497 e. The molecule has 0 saturated heterocycles. The van der Waals surface area contributed by atoms with Crippen LogP contribution < -0.4 is 29.6 Å². The van der Waals surface area contributed by atoms with E-state index in [1.807, 2.05) is 0 Å². The van der Waals surface area contributed by atoms with Crippen LogP contribution in [0.15, 0.2) is 30.3 Å². The summed E-state index contributed by atoms with van der Waals surface area (Å²) in [6.07, 6.45) is 0. The van der Waals surface area contributed by atoms with Crippen molar-refractivity contribution >= 4 is 17.5 Å². The molecule has 2 rings (SSSR count). The second-order valence-electron chi connectivity index (χ2n) is 6.04. The molecule has 0 saturated carbocycles. The van der Waals surface area contributed by atoms with Crippen LogP contribution >= 0.6 is 0 Å². The van der Waals surface area contributed by atoms with E-state index in [4.69, 9.17) is 18.9 Å². The van der Waals surface area contributed by atoms with E-state index < -0.39 is 16.5 Å². The van der Waals surface area contributed by atoms with Gasteiger partial charge in [-0.1, -0.05) is 0 Å². The highest BCUT2D eigenvalue weighted by atomic mass is 16.6. The van der Waals surface area contributed by atoms with Crippen LogP contribution in [0.5, 0.6) is 23.0 Å². The number of hydrogen-bond donors (Lipinski definition) is 2. The topological polar surface area (TPSA) is 138 Å². The summed E-state index contributed by atoms with van der Waals surface area (Å²) in [6, 6.07) is 7.71. The highest BCUT2D eigenvalue weighted by Crippen LogP contribution is 2.46. The fourth-order valence-electron chi connectivity index (χ4n) is 2.79. The zero-order chi connectivity index (χ0) is 23.0. The van der Waals surface area contributed by atoms with Gasteiger partial charge in [0.25, 0.3) is 11.8 Å². The zero-order valence-corrected chi connectivity index (χ0v) is 17.5. The Morgan fingerprint density at radius 3 is 1.94 bits per heavy atom. The molecule has 11 nitrogen and oxygen atoms in total. The maximum Gasteiger partial charge on any atom is 0.327 e. The Morgan fingerprint density at radius 1 is 0.871 bits per heavy atom. The number of carbonyl (C=O) groups excluding carboxylic acids is 2. The van der Waals surface area contributed by atoms with Gasteiger partial charge in [-0.2, -0.15) is 0 Å². The number of nitro benzene ring substituents is 1. The van der Waals surface area contributed by atoms with Crippen molar-refractivity contribution in [3.05, 3.63) is 51.6 Å². The Labute approximate surface area is 178 Å². The molecule has 2 aromatic carbocycles. The van der Waals surface area contributed by atoms with E-state index in [0.29, 0.717) is 11.3 Å². The number of nitro groups is 1. The van der Waals surface area contributed by atoms with Gasteiger partial charge in [0.15, 0.2) is 5.75 Å². The lowest BCUT2D eigenvalue weighted by Gasteiger charge is -2.15. The number of amides is 2. The summed E-state index contributed by atoms with van der Waals surface area (Å²) in [7, 11) is 5.38. The van der Waals surface area contributed by atoms with E-state index in [-0.39, 0.29) is 41.8 Å². The third-order valence-corrected chi connectivity index (χ3v) is 4.28. The average molecular weight is 433 g/mol. The van der Waals surface area contributed by atoms with Crippen LogP contribution in [0.4, 0.5) is 5.69 Å². The summed E-state index contributed by atoms with van der Waals surface area (Å²) in [5.74, 6) is -0.580. The van der Waals surface area contributed by atoms with Gasteiger partial charge in [0.2, 0.25) is 11.5 Å². The number of benzene rings is 2. The summed E-state index contributed by atoms with van der Waals surface area (Å²) < 4.78 is 20.4. The van der Waals surface area contributed by atoms with Gasteiger partial charge in [0.1, 0.15) is 11.3 Å². The maximum absolute atomic E-state index is 12.6. The number of rotatable bonds is 10. The fourth-order valence-corrected chi connectivity index (χ4v) is 2.79. The predicted molar refractivity (Wildman–Crippen MR) is 110 cm³/mol. The molecule has 2 amide bonds. The van der Waals surface area contributed by atoms with Gasteiger partial charge in [0.05, 0.1) is 33.4 Å². The first kappa shape index (κ1) is 23.3. The van der Waals surface area contributed by atoms with Crippen molar-refractivity contribution in [3.63, 3.8) is 0 Å². The van der Waals surface area contributed by atoms with Gasteiger partial charge in [-0.05, 0) is 24.3 Å². The van der Waals surface area contributed by atoms with Gasteiger partial charge >= 0.3 is 5.69 Å². The Morgan fingerprint density at radius 2 is 1.45 bits per heavy atom. The van der Waals surface area contributed by atoms with Crippen molar-refractivity contribution in [2.75, 3.05) is 41.5 Å². The largest absolute Gasteiger partial charge is 0.497 e. The Bertz CT molecular complexity index is 960. The highest BCUT2D eigenvalue weighted by Gasteiger charge is 2.32. The molecule has 0 bridgehead atoms. The van der Waals surface area contributed by atoms with Crippen molar-refractivity contribution in [3.8, 4) is 23.0 Å². The molecular formula is C20H23N3O8. The zero-order valence-electron chi connectivity index (χ0n) is 17.5. The number of nitrogens with zero attached hydrogens (tertiary/aromatic N) is 1. The molecular weight excluding hydrogens is 410 g/mol. The number of hydrogen-bond acceptors (Lipinski definition) is 8. The SMILES string of the molecule is COc1ccc(C(=O)NCCNC(=O)c2cc(OC)c(OC)c(OC)c2[N+](=O)[O-])cc1. The Hall–Kier alpha value is -4.02. The number of nitrogens with one attached hydrogen (secondary N) is 2. The molecule has 0 aliphatic heterocycles. The van der Waals surface area contributed by atoms with Gasteiger partial charge in [-0.25, -0.2) is 0 Å². The first-order valence-electron chi connectivity index (χ1n) is 9.05. The predicted octanol–water partition coefficient (Wildman–Crippen LogP) is 1.79. The summed E-state index contributed by atoms with van der Waals surface area (Å²) >= 11 is 0. The van der Waals surface area contributed by atoms with Crippen molar-refractivity contribution in [2.45, 2.75) is 0 Å². The van der Waals surface area contributed by atoms with Crippen molar-refractivity contribution < 1.29 is 33.5 Å². The van der Waals surface area contributed by atoms with Crippen molar-refractivity contribution in [1.82, 2.24) is 10.6 Å². The third-order valence-electron chi connectivity index (χ3n) is 4.28. The fraction of sp³-hybridized carbons (Fsp3) is 0.300. The first-order valence-corrected chi connectivity index (χ1v) is 9.05. The molecule has 0 unspecified atom stereocenters. The summed E-state index contributed by atoms with van der Waals surface area (Å²) in [5, 5.41) is 16.8. The molecule has 0 atom stereocenters. The molecule has 0 radical (unpaired) electrons. The monoisotopic (exact) mass is 433 g/mol. The minimum absolute atomic E-state index is 0.00000458. The van der Waals surface area contributed by atoms with Crippen LogP contribution in [-0.2, 0) is 0 Å². The van der Waals surface area contributed by atoms with Crippen LogP contribution in [0.1, 0.15) is 20.7 Å². The van der Waals surface area contributed by atoms with E-state index in [1.54, 1.807) is 24.3 Å². The van der Waals surface area contributed by atoms with Crippen LogP contribution in [0.2, 0.25) is 0 Å². The number of ether oxygens (including phenoxy) is 4. The van der Waals surface area contributed by atoms with E-state index in [0.717, 1.165) is 0 Å². The minimum atomic E-state index is -0.735. The van der Waals surface area contributed by atoms with Crippen LogP contribution in [-0.4, -0.2) is 58.3 Å². The molecule has 11 heteroatoms. The molecule has 2 N–H and O–H groups in total. The van der Waals surface area contributed by atoms with Crippen LogP contribution in [0, 0.1) is 10.1 Å². The van der Waals surface area contributed by atoms with Crippen LogP contribution in [0.3, 0.4) is 0 Å². The Kier molecular flexibility index (Phi) is 8.01. The van der Waals surface area contributed by atoms with E-state index >= 15 is 0 Å². The lowest BCUT2D eigenvalue weighted by atomic mass is 10.1. The van der Waals surface area contributed by atoms with Gasteiger partial charge in [-0.15, -0.1) is 0 Å². The standard InChI is InChI=1S/C20H23N3O8/c1-28-13-7-5-12(6-8-13)19(24)21-9-10-22-20(25)14-11-15(29-2)17(30-3)18(31-4)16(14)23(26)27/h5-8,11H,9-10H2,1-4H3,(H,21,24)(H,22,25). The van der Waals surface area contributed by atoms with Crippen molar-refractivity contribution in [1.29, 1.82) is 0 Å². The third kappa shape index (κ3) is 5.32. The second-order valence-corrected chi connectivity index (χ2v) is 6.04. The van der Waals surface area contributed by atoms with Gasteiger partial charge < -0.3 is 29.6 Å². The van der Waals surface area contributed by atoms with E-state index in [9.17, 15) is 19.7 Å². The average Bonchev–Trinajstić information content (AvgIpc) is 2.79. The maximum atomic E-state index is 12.6. The van der Waals surface area contributed by atoms with Gasteiger partial charge in [-0.3, -0.25) is 19.7 Å². The highest BCUT2D eigenvalue weighted by molar-refractivity contribution is 6.00. The van der Waals surface area contributed by atoms with E-state index in [1.165, 1.54) is 34.5 Å². The quantitative estimate of drug-likeness (QED) is 0.329. The normalized spacial score (nSPS) is 10.1. The van der Waals surface area contributed by atoms with Gasteiger partial charge in [0, 0.05) is 24.7 Å². The second kappa shape index (κ2) is 10.7. The van der Waals surface area contributed by atoms with E-state index in [2.05, 4.69) is 10.6 Å².